The summed E-state index contributed by atoms with van der Waals surface area (Å²) >= 11 is 0. The number of hydrogen-bond acceptors (Lipinski definition) is 3. The fourth-order valence-corrected chi connectivity index (χ4v) is 4.91. The first kappa shape index (κ1) is 22.2. The van der Waals surface area contributed by atoms with Crippen LogP contribution in [0.5, 0.6) is 0 Å². The summed E-state index contributed by atoms with van der Waals surface area (Å²) in [4.78, 5) is 0.338. The van der Waals surface area contributed by atoms with Crippen molar-refractivity contribution in [3.63, 3.8) is 0 Å². The molecule has 0 aliphatic carbocycles. The molecular weight excluding hydrogens is 394 g/mol. The van der Waals surface area contributed by atoms with Crippen molar-refractivity contribution in [3.8, 4) is 0 Å². The maximum absolute atomic E-state index is 13.5. The Balaban J connectivity index is 1.88. The van der Waals surface area contributed by atoms with Crippen LogP contribution < -0.4 is 0 Å². The first-order valence-electron chi connectivity index (χ1n) is 10.6. The molecule has 1 aromatic heterocycles. The molecule has 0 amide bonds. The highest BCUT2D eigenvalue weighted by Crippen LogP contribution is 2.24. The topological polar surface area (TPSA) is 55.2 Å². The van der Waals surface area contributed by atoms with E-state index in [9.17, 15) is 8.42 Å². The molecule has 0 spiro atoms. The minimum absolute atomic E-state index is 0.302. The van der Waals surface area contributed by atoms with Gasteiger partial charge in [-0.1, -0.05) is 56.3 Å². The van der Waals surface area contributed by atoms with Crippen LogP contribution in [0.4, 0.5) is 0 Å². The summed E-state index contributed by atoms with van der Waals surface area (Å²) in [7, 11) is -3.63. The lowest BCUT2D eigenvalue weighted by atomic mass is 9.99. The molecule has 3 rings (SSSR count). The van der Waals surface area contributed by atoms with E-state index >= 15 is 0 Å². The van der Waals surface area contributed by atoms with Gasteiger partial charge in [0.1, 0.15) is 0 Å². The molecule has 0 unspecified atom stereocenters. The second kappa shape index (κ2) is 10.0. The van der Waals surface area contributed by atoms with Crippen LogP contribution in [0.1, 0.15) is 49.9 Å². The van der Waals surface area contributed by atoms with E-state index < -0.39 is 10.0 Å². The fraction of sp³-hybridized carbons (Fsp3) is 0.375. The van der Waals surface area contributed by atoms with Gasteiger partial charge in [-0.15, -0.1) is 0 Å². The van der Waals surface area contributed by atoms with E-state index in [1.165, 1.54) is 0 Å². The summed E-state index contributed by atoms with van der Waals surface area (Å²) in [6, 6.07) is 19.2. The van der Waals surface area contributed by atoms with Crippen molar-refractivity contribution >= 4 is 10.0 Å². The molecule has 2 aromatic carbocycles. The summed E-state index contributed by atoms with van der Waals surface area (Å²) in [5.41, 5.74) is 3.18. The highest BCUT2D eigenvalue weighted by molar-refractivity contribution is 7.89. The first-order chi connectivity index (χ1) is 14.5. The molecule has 0 saturated heterocycles. The number of hydrogen-bond donors (Lipinski definition) is 0. The van der Waals surface area contributed by atoms with Crippen molar-refractivity contribution in [2.75, 3.05) is 6.54 Å². The molecule has 1 heterocycles. The van der Waals surface area contributed by atoms with E-state index in [1.807, 2.05) is 60.1 Å². The van der Waals surface area contributed by atoms with Crippen LogP contribution in [-0.4, -0.2) is 29.0 Å². The molecule has 0 bridgehead atoms. The van der Waals surface area contributed by atoms with Gasteiger partial charge in [0.25, 0.3) is 0 Å². The van der Waals surface area contributed by atoms with Crippen LogP contribution in [0.3, 0.4) is 0 Å². The van der Waals surface area contributed by atoms with Crippen molar-refractivity contribution in [3.05, 3.63) is 83.7 Å². The number of sulfonamides is 1. The Labute approximate surface area is 180 Å². The van der Waals surface area contributed by atoms with Crippen molar-refractivity contribution in [1.29, 1.82) is 0 Å². The van der Waals surface area contributed by atoms with Gasteiger partial charge in [0.15, 0.2) is 0 Å². The third-order valence-electron chi connectivity index (χ3n) is 5.63. The monoisotopic (exact) mass is 425 g/mol. The lowest BCUT2D eigenvalue weighted by Gasteiger charge is -2.23. The van der Waals surface area contributed by atoms with Gasteiger partial charge in [0.05, 0.1) is 17.1 Å². The maximum Gasteiger partial charge on any atom is 0.243 e. The zero-order chi connectivity index (χ0) is 21.6. The molecule has 0 N–H and O–H groups in total. The van der Waals surface area contributed by atoms with E-state index in [2.05, 4.69) is 18.9 Å². The summed E-state index contributed by atoms with van der Waals surface area (Å²) in [5, 5.41) is 4.30. The molecule has 0 aliphatic rings. The van der Waals surface area contributed by atoms with Gasteiger partial charge in [0, 0.05) is 19.3 Å². The number of benzene rings is 2. The largest absolute Gasteiger partial charge is 0.269 e. The highest BCUT2D eigenvalue weighted by atomic mass is 32.2. The Hall–Kier alpha value is -2.44. The molecule has 160 valence electrons. The Morgan fingerprint density at radius 3 is 2.33 bits per heavy atom. The van der Waals surface area contributed by atoms with Gasteiger partial charge in [-0.05, 0) is 55.0 Å². The number of aromatic nitrogens is 2. The molecule has 0 radical (unpaired) electrons. The molecular formula is C24H31N3O2S. The smallest absolute Gasteiger partial charge is 0.243 e. The molecule has 1 atom stereocenters. The molecule has 0 fully saturated rings. The Kier molecular flexibility index (Phi) is 7.45. The van der Waals surface area contributed by atoms with Crippen LogP contribution in [-0.2, 0) is 29.5 Å². The zero-order valence-corrected chi connectivity index (χ0v) is 18.8. The van der Waals surface area contributed by atoms with Crippen LogP contribution in [0.25, 0.3) is 0 Å². The highest BCUT2D eigenvalue weighted by Gasteiger charge is 2.25. The maximum atomic E-state index is 13.5. The van der Waals surface area contributed by atoms with Crippen molar-refractivity contribution < 1.29 is 8.42 Å². The van der Waals surface area contributed by atoms with E-state index in [4.69, 9.17) is 0 Å². The zero-order valence-electron chi connectivity index (χ0n) is 18.0. The standard InChI is InChI=1S/C24H31N3O2S/c1-4-20(3)22-11-13-24(14-12-22)30(28,29)26(18-16-21-9-7-6-8-10-21)19-23-15-17-25-27(23)5-2/h6-15,17,20H,4-5,16,18-19H2,1-3H3/t20-/m1/s1. The fourth-order valence-electron chi connectivity index (χ4n) is 3.50. The molecule has 0 saturated carbocycles. The van der Waals surface area contributed by atoms with Gasteiger partial charge in [-0.25, -0.2) is 8.42 Å². The van der Waals surface area contributed by atoms with Crippen LogP contribution >= 0.6 is 0 Å². The number of nitrogens with zero attached hydrogens (tertiary/aromatic N) is 3. The van der Waals surface area contributed by atoms with Crippen molar-refractivity contribution in [2.45, 2.75) is 57.5 Å². The first-order valence-corrected chi connectivity index (χ1v) is 12.0. The van der Waals surface area contributed by atoms with Crippen LogP contribution in [0, 0.1) is 0 Å². The second-order valence-corrected chi connectivity index (χ2v) is 9.53. The van der Waals surface area contributed by atoms with E-state index in [-0.39, 0.29) is 0 Å². The second-order valence-electron chi connectivity index (χ2n) is 7.59. The molecule has 30 heavy (non-hydrogen) atoms. The third kappa shape index (κ3) is 5.18. The van der Waals surface area contributed by atoms with Crippen molar-refractivity contribution in [2.24, 2.45) is 0 Å². The molecule has 0 aliphatic heterocycles. The summed E-state index contributed by atoms with van der Waals surface area (Å²) in [6.07, 6.45) is 3.41. The van der Waals surface area contributed by atoms with E-state index in [0.29, 0.717) is 36.9 Å². The predicted octanol–water partition coefficient (Wildman–Crippen LogP) is 4.85. The quantitative estimate of drug-likeness (QED) is 0.467. The van der Waals surface area contributed by atoms with Gasteiger partial charge in [-0.2, -0.15) is 9.40 Å². The SMILES string of the molecule is CC[C@@H](C)c1ccc(S(=O)(=O)N(CCc2ccccc2)Cc2ccnn2CC)cc1. The predicted molar refractivity (Wildman–Crippen MR) is 121 cm³/mol. The Morgan fingerprint density at radius 1 is 1.00 bits per heavy atom. The van der Waals surface area contributed by atoms with Gasteiger partial charge in [0.2, 0.25) is 10.0 Å². The Morgan fingerprint density at radius 2 is 1.70 bits per heavy atom. The van der Waals surface area contributed by atoms with Crippen molar-refractivity contribution in [1.82, 2.24) is 14.1 Å². The summed E-state index contributed by atoms with van der Waals surface area (Å²) in [6.45, 7) is 7.72. The lowest BCUT2D eigenvalue weighted by molar-refractivity contribution is 0.394. The van der Waals surface area contributed by atoms with E-state index in [0.717, 1.165) is 23.2 Å². The number of rotatable bonds is 10. The van der Waals surface area contributed by atoms with Crippen LogP contribution in [0.15, 0.2) is 71.8 Å². The lowest BCUT2D eigenvalue weighted by Crippen LogP contribution is -2.33. The minimum atomic E-state index is -3.63. The van der Waals surface area contributed by atoms with Gasteiger partial charge < -0.3 is 0 Å². The number of aryl methyl sites for hydroxylation is 1. The molecule has 3 aromatic rings. The van der Waals surface area contributed by atoms with Crippen LogP contribution in [0.2, 0.25) is 0 Å². The average Bonchev–Trinajstić information content (AvgIpc) is 3.24. The summed E-state index contributed by atoms with van der Waals surface area (Å²) in [5.74, 6) is 0.412. The third-order valence-corrected chi connectivity index (χ3v) is 7.49. The van der Waals surface area contributed by atoms with Gasteiger partial charge >= 0.3 is 0 Å². The van der Waals surface area contributed by atoms with Gasteiger partial charge in [-0.3, -0.25) is 4.68 Å². The Bertz CT molecular complexity index is 1030. The van der Waals surface area contributed by atoms with E-state index in [1.54, 1.807) is 22.6 Å². The average molecular weight is 426 g/mol. The summed E-state index contributed by atoms with van der Waals surface area (Å²) < 4.78 is 30.5. The minimum Gasteiger partial charge on any atom is -0.269 e. The molecule has 5 nitrogen and oxygen atoms in total. The normalized spacial score (nSPS) is 12.9. The molecule has 6 heteroatoms.